The molecule has 14 heteroatoms. The average molecular weight is 715 g/mol. The maximum atomic E-state index is 12.1. The first kappa shape index (κ1) is 37.4. The van der Waals surface area contributed by atoms with E-state index in [0.29, 0.717) is 11.4 Å². The number of nitrogens with one attached hydrogen (secondary N) is 3. The predicted octanol–water partition coefficient (Wildman–Crippen LogP) is 5.17. The molecule has 0 aliphatic heterocycles. The monoisotopic (exact) mass is 714 g/mol. The Bertz CT molecular complexity index is 2350. The van der Waals surface area contributed by atoms with E-state index in [2.05, 4.69) is 37.0 Å². The summed E-state index contributed by atoms with van der Waals surface area (Å²) in [5.41, 5.74) is 9.61. The number of hydrogen-bond acceptors (Lipinski definition) is 10. The Labute approximate surface area is 303 Å². The van der Waals surface area contributed by atoms with E-state index in [-0.39, 0.29) is 16.9 Å². The Morgan fingerprint density at radius 2 is 1.02 bits per heavy atom. The first-order valence-electron chi connectivity index (χ1n) is 16.0. The summed E-state index contributed by atoms with van der Waals surface area (Å²) in [4.78, 5) is 40.0. The highest BCUT2D eigenvalue weighted by Gasteiger charge is 2.18. The molecule has 0 radical (unpaired) electrons. The summed E-state index contributed by atoms with van der Waals surface area (Å²) in [6.45, 7) is 0. The van der Waals surface area contributed by atoms with Crippen LogP contribution in [0.2, 0.25) is 0 Å². The Morgan fingerprint density at radius 1 is 0.604 bits per heavy atom. The van der Waals surface area contributed by atoms with E-state index in [9.17, 15) is 9.59 Å². The molecule has 4 aromatic carbocycles. The number of hydrazine groups is 2. The third-order valence-corrected chi connectivity index (χ3v) is 8.48. The van der Waals surface area contributed by atoms with Gasteiger partial charge in [-0.1, -0.05) is 36.4 Å². The first-order chi connectivity index (χ1) is 25.4. The molecule has 8 rings (SSSR count). The van der Waals surface area contributed by atoms with Crippen LogP contribution in [0.5, 0.6) is 11.5 Å². The van der Waals surface area contributed by atoms with Crippen LogP contribution in [0.1, 0.15) is 21.0 Å². The SMILES string of the molecule is COC(=O)c1cc2c([nH]c3ccccc32)c(-c2ccc(OC)cc2)n1.COc1ccc(-c2nc(C(=O)NN)cc3c2[nH]c2ccccc23)cc1.NN.O. The van der Waals surface area contributed by atoms with Crippen LogP contribution in [0.4, 0.5) is 0 Å². The van der Waals surface area contributed by atoms with Gasteiger partial charge in [-0.2, -0.15) is 0 Å². The molecule has 53 heavy (non-hydrogen) atoms. The highest BCUT2D eigenvalue weighted by molar-refractivity contribution is 6.14. The van der Waals surface area contributed by atoms with E-state index in [0.717, 1.165) is 66.2 Å². The third-order valence-electron chi connectivity index (χ3n) is 8.48. The second-order valence-electron chi connectivity index (χ2n) is 11.3. The van der Waals surface area contributed by atoms with Crippen molar-refractivity contribution in [2.24, 2.45) is 17.5 Å². The lowest BCUT2D eigenvalue weighted by molar-refractivity contribution is 0.0594. The van der Waals surface area contributed by atoms with Crippen molar-refractivity contribution in [3.63, 3.8) is 0 Å². The number of carbonyl (C=O) groups is 2. The Balaban J connectivity index is 0.000000192. The van der Waals surface area contributed by atoms with Crippen molar-refractivity contribution in [1.29, 1.82) is 0 Å². The zero-order valence-corrected chi connectivity index (χ0v) is 29.1. The first-order valence-corrected chi connectivity index (χ1v) is 16.0. The van der Waals surface area contributed by atoms with Gasteiger partial charge in [-0.05, 0) is 72.8 Å². The van der Waals surface area contributed by atoms with Crippen LogP contribution >= 0.6 is 0 Å². The molecular formula is C39H38N8O6. The van der Waals surface area contributed by atoms with Crippen LogP contribution in [0.3, 0.4) is 0 Å². The molecular weight excluding hydrogens is 676 g/mol. The van der Waals surface area contributed by atoms with Gasteiger partial charge in [-0.15, -0.1) is 0 Å². The largest absolute Gasteiger partial charge is 0.497 e. The van der Waals surface area contributed by atoms with Crippen molar-refractivity contribution in [3.05, 3.63) is 121 Å². The van der Waals surface area contributed by atoms with E-state index >= 15 is 0 Å². The standard InChI is InChI=1S/C20H16N2O3.C19H16N4O2.H4N2.H2O/c1-24-13-9-7-12(8-10-13)18-19-15(11-17(22-18)20(23)25-2)14-5-3-4-6-16(14)21-19;1-25-12-8-6-11(7-9-12)17-18-14(10-16(22-17)19(24)23-20)13-4-2-3-5-15(13)21-18;1-2;/h3-11,21H,1-2H3;2-10,21H,20H2,1H3,(H,23,24);1-2H2;1H2. The number of pyridine rings is 2. The van der Waals surface area contributed by atoms with E-state index in [4.69, 9.17) is 20.1 Å². The maximum absolute atomic E-state index is 12.1. The van der Waals surface area contributed by atoms with Crippen LogP contribution in [0, 0.1) is 0 Å². The minimum atomic E-state index is -0.457. The lowest BCUT2D eigenvalue weighted by Gasteiger charge is -2.07. The molecule has 0 unspecified atom stereocenters. The number of nitrogen functional groups attached to an aromatic ring is 1. The molecule has 11 N–H and O–H groups in total. The topological polar surface area (TPSA) is 241 Å². The molecule has 8 aromatic rings. The quantitative estimate of drug-likeness (QED) is 0.0571. The number of nitrogens with zero attached hydrogens (tertiary/aromatic N) is 2. The zero-order valence-electron chi connectivity index (χ0n) is 29.1. The van der Waals surface area contributed by atoms with Gasteiger partial charge in [0, 0.05) is 43.7 Å². The fourth-order valence-corrected chi connectivity index (χ4v) is 6.01. The number of ether oxygens (including phenoxy) is 3. The van der Waals surface area contributed by atoms with Crippen LogP contribution in [0.15, 0.2) is 109 Å². The van der Waals surface area contributed by atoms with Crippen molar-refractivity contribution >= 4 is 55.5 Å². The molecule has 4 heterocycles. The summed E-state index contributed by atoms with van der Waals surface area (Å²) in [5, 5.41) is 3.94. The number of amides is 1. The molecule has 0 saturated heterocycles. The van der Waals surface area contributed by atoms with Gasteiger partial charge in [0.1, 0.15) is 22.9 Å². The smallest absolute Gasteiger partial charge is 0.356 e. The molecule has 0 spiro atoms. The molecule has 0 atom stereocenters. The summed E-state index contributed by atoms with van der Waals surface area (Å²) in [5.74, 6) is 13.9. The van der Waals surface area contributed by atoms with Gasteiger partial charge >= 0.3 is 5.97 Å². The van der Waals surface area contributed by atoms with E-state index in [1.54, 1.807) is 26.4 Å². The number of nitrogens with two attached hydrogens (primary N) is 3. The van der Waals surface area contributed by atoms with Crippen molar-refractivity contribution in [2.45, 2.75) is 0 Å². The zero-order chi connectivity index (χ0) is 36.8. The molecule has 4 aromatic heterocycles. The minimum Gasteiger partial charge on any atom is -0.497 e. The van der Waals surface area contributed by atoms with Gasteiger partial charge in [-0.3, -0.25) is 21.9 Å². The van der Waals surface area contributed by atoms with Gasteiger partial charge in [-0.25, -0.2) is 20.6 Å². The molecule has 0 aliphatic carbocycles. The van der Waals surface area contributed by atoms with Crippen LogP contribution in [-0.2, 0) is 4.74 Å². The number of para-hydroxylation sites is 2. The maximum Gasteiger partial charge on any atom is 0.356 e. The van der Waals surface area contributed by atoms with Gasteiger partial charge in [0.25, 0.3) is 5.91 Å². The summed E-state index contributed by atoms with van der Waals surface area (Å²) >= 11 is 0. The molecule has 0 bridgehead atoms. The minimum absolute atomic E-state index is 0. The summed E-state index contributed by atoms with van der Waals surface area (Å²) in [6.07, 6.45) is 0. The Hall–Kier alpha value is -6.84. The second-order valence-corrected chi connectivity index (χ2v) is 11.3. The Morgan fingerprint density at radius 3 is 1.43 bits per heavy atom. The number of H-pyrrole nitrogens is 2. The number of aromatic nitrogens is 4. The molecule has 0 fully saturated rings. The van der Waals surface area contributed by atoms with E-state index in [1.807, 2.05) is 97.1 Å². The number of carbonyl (C=O) groups excluding carboxylic acids is 2. The molecule has 0 saturated carbocycles. The lowest BCUT2D eigenvalue weighted by Crippen LogP contribution is -2.30. The van der Waals surface area contributed by atoms with Crippen LogP contribution < -0.4 is 32.4 Å². The van der Waals surface area contributed by atoms with Crippen molar-refractivity contribution < 1.29 is 29.3 Å². The van der Waals surface area contributed by atoms with Crippen LogP contribution in [0.25, 0.3) is 66.1 Å². The predicted molar refractivity (Wildman–Crippen MR) is 206 cm³/mol. The lowest BCUT2D eigenvalue weighted by atomic mass is 10.1. The van der Waals surface area contributed by atoms with Gasteiger partial charge in [0.15, 0.2) is 0 Å². The third kappa shape index (κ3) is 7.33. The number of rotatable bonds is 6. The fourth-order valence-electron chi connectivity index (χ4n) is 6.01. The molecule has 1 amide bonds. The van der Waals surface area contributed by atoms with Gasteiger partial charge in [0.2, 0.25) is 0 Å². The van der Waals surface area contributed by atoms with E-state index < -0.39 is 11.9 Å². The average Bonchev–Trinajstić information content (AvgIpc) is 3.79. The van der Waals surface area contributed by atoms with Crippen LogP contribution in [-0.4, -0.2) is 58.6 Å². The number of methoxy groups -OCH3 is 3. The summed E-state index contributed by atoms with van der Waals surface area (Å²) in [7, 11) is 4.60. The Kier molecular flexibility index (Phi) is 11.6. The summed E-state index contributed by atoms with van der Waals surface area (Å²) in [6, 6.07) is 34.6. The summed E-state index contributed by atoms with van der Waals surface area (Å²) < 4.78 is 15.3. The number of esters is 1. The number of benzene rings is 4. The molecule has 270 valence electrons. The van der Waals surface area contributed by atoms with Crippen molar-refractivity contribution in [2.75, 3.05) is 21.3 Å². The van der Waals surface area contributed by atoms with E-state index in [1.165, 1.54) is 7.11 Å². The molecule has 0 aliphatic rings. The highest BCUT2D eigenvalue weighted by Crippen LogP contribution is 2.35. The number of hydrogen-bond donors (Lipinski definition) is 6. The van der Waals surface area contributed by atoms with Gasteiger partial charge < -0.3 is 29.7 Å². The normalized spacial score (nSPS) is 10.5. The number of fused-ring (bicyclic) bond motifs is 6. The van der Waals surface area contributed by atoms with Crippen molar-refractivity contribution in [3.8, 4) is 34.0 Å². The highest BCUT2D eigenvalue weighted by atomic mass is 16.5. The molecule has 14 nitrogen and oxygen atoms in total. The second kappa shape index (κ2) is 16.5. The number of aromatic amines is 2. The van der Waals surface area contributed by atoms with Gasteiger partial charge in [0.05, 0.1) is 43.8 Å². The van der Waals surface area contributed by atoms with Crippen molar-refractivity contribution in [1.82, 2.24) is 25.4 Å². The fraction of sp³-hybridized carbons (Fsp3) is 0.0769.